The van der Waals surface area contributed by atoms with Crippen molar-refractivity contribution in [1.29, 1.82) is 0 Å². The fourth-order valence-corrected chi connectivity index (χ4v) is 2.32. The zero-order chi connectivity index (χ0) is 14.8. The number of benzene rings is 2. The van der Waals surface area contributed by atoms with Crippen molar-refractivity contribution >= 4 is 21.6 Å². The summed E-state index contributed by atoms with van der Waals surface area (Å²) in [6.45, 7) is 0. The Labute approximate surface area is 128 Å². The second-order valence-electron chi connectivity index (χ2n) is 4.52. The van der Waals surface area contributed by atoms with Crippen LogP contribution in [-0.2, 0) is 6.42 Å². The Bertz CT molecular complexity index is 788. The van der Waals surface area contributed by atoms with Crippen molar-refractivity contribution in [2.45, 2.75) is 6.42 Å². The van der Waals surface area contributed by atoms with E-state index < -0.39 is 0 Å². The van der Waals surface area contributed by atoms with E-state index >= 15 is 0 Å². The molecule has 1 heterocycles. The molecule has 0 saturated carbocycles. The molecule has 0 spiro atoms. The number of para-hydroxylation sites is 1. The highest BCUT2D eigenvalue weighted by Gasteiger charge is 2.11. The highest BCUT2D eigenvalue weighted by Crippen LogP contribution is 2.24. The maximum absolute atomic E-state index is 13.2. The lowest BCUT2D eigenvalue weighted by atomic mass is 10.1. The van der Waals surface area contributed by atoms with Crippen LogP contribution in [0, 0.1) is 5.82 Å². The summed E-state index contributed by atoms with van der Waals surface area (Å²) in [6, 6.07) is 12.1. The fourth-order valence-electron chi connectivity index (χ4n) is 1.94. The molecule has 0 aliphatic carbocycles. The van der Waals surface area contributed by atoms with E-state index in [9.17, 15) is 4.39 Å². The van der Waals surface area contributed by atoms with Gasteiger partial charge in [-0.1, -0.05) is 23.4 Å². The molecule has 0 radical (unpaired) electrons. The summed E-state index contributed by atoms with van der Waals surface area (Å²) in [4.78, 5) is 4.31. The quantitative estimate of drug-likeness (QED) is 0.731. The molecule has 0 aliphatic heterocycles. The van der Waals surface area contributed by atoms with Crippen molar-refractivity contribution < 1.29 is 8.91 Å². The molecule has 0 saturated heterocycles. The third kappa shape index (κ3) is 2.95. The molecule has 3 rings (SSSR count). The molecule has 21 heavy (non-hydrogen) atoms. The molecule has 1 aromatic heterocycles. The number of anilines is 1. The average Bonchev–Trinajstić information content (AvgIpc) is 2.93. The predicted octanol–water partition coefficient (Wildman–Crippen LogP) is 3.81. The van der Waals surface area contributed by atoms with Gasteiger partial charge in [-0.05, 0) is 45.8 Å². The normalized spacial score (nSPS) is 10.8. The first-order chi connectivity index (χ1) is 10.1. The number of halogens is 2. The summed E-state index contributed by atoms with van der Waals surface area (Å²) in [5.74, 6) is 0.545. The van der Waals surface area contributed by atoms with Gasteiger partial charge in [0.05, 0.1) is 10.9 Å². The zero-order valence-corrected chi connectivity index (χ0v) is 12.5. The Hall–Kier alpha value is -2.21. The second-order valence-corrected chi connectivity index (χ2v) is 5.37. The van der Waals surface area contributed by atoms with Crippen LogP contribution in [0.5, 0.6) is 0 Å². The van der Waals surface area contributed by atoms with Gasteiger partial charge in [-0.25, -0.2) is 4.39 Å². The molecule has 0 amide bonds. The first-order valence-electron chi connectivity index (χ1n) is 6.25. The van der Waals surface area contributed by atoms with Crippen LogP contribution < -0.4 is 5.73 Å². The van der Waals surface area contributed by atoms with Crippen LogP contribution in [0.1, 0.15) is 11.5 Å². The third-order valence-corrected chi connectivity index (χ3v) is 3.65. The maximum Gasteiger partial charge on any atom is 0.231 e. The lowest BCUT2D eigenvalue weighted by molar-refractivity contribution is 0.386. The molecule has 0 fully saturated rings. The number of nitrogen functional groups attached to an aromatic ring is 1. The highest BCUT2D eigenvalue weighted by atomic mass is 79.9. The van der Waals surface area contributed by atoms with Gasteiger partial charge < -0.3 is 10.3 Å². The van der Waals surface area contributed by atoms with Crippen LogP contribution in [0.4, 0.5) is 10.1 Å². The Kier molecular flexibility index (Phi) is 3.70. The smallest absolute Gasteiger partial charge is 0.231 e. The lowest BCUT2D eigenvalue weighted by Crippen LogP contribution is -1.95. The predicted molar refractivity (Wildman–Crippen MR) is 81.1 cm³/mol. The molecule has 4 nitrogen and oxygen atoms in total. The molecular weight excluding hydrogens is 337 g/mol. The van der Waals surface area contributed by atoms with Crippen molar-refractivity contribution in [2.75, 3.05) is 5.73 Å². The summed E-state index contributed by atoms with van der Waals surface area (Å²) in [5, 5.41) is 3.91. The minimum Gasteiger partial charge on any atom is -0.398 e. The van der Waals surface area contributed by atoms with Gasteiger partial charge in [0.25, 0.3) is 0 Å². The largest absolute Gasteiger partial charge is 0.398 e. The van der Waals surface area contributed by atoms with Crippen molar-refractivity contribution in [3.8, 4) is 11.4 Å². The molecule has 0 aliphatic rings. The molecule has 3 aromatic rings. The van der Waals surface area contributed by atoms with E-state index in [1.807, 2.05) is 24.3 Å². The van der Waals surface area contributed by atoms with Gasteiger partial charge in [0.2, 0.25) is 11.7 Å². The Morgan fingerprint density at radius 1 is 1.19 bits per heavy atom. The standard InChI is InChI=1S/C15H11BrFN3O/c16-11-7-10(5-6-12(11)17)15-19-14(21-20-15)8-9-3-1-2-4-13(9)18/h1-7H,8,18H2. The van der Waals surface area contributed by atoms with Crippen molar-refractivity contribution in [3.63, 3.8) is 0 Å². The van der Waals surface area contributed by atoms with Crippen LogP contribution in [0.2, 0.25) is 0 Å². The number of nitrogens with zero attached hydrogens (tertiary/aromatic N) is 2. The first-order valence-corrected chi connectivity index (χ1v) is 7.04. The van der Waals surface area contributed by atoms with E-state index in [2.05, 4.69) is 26.1 Å². The SMILES string of the molecule is Nc1ccccc1Cc1nc(-c2ccc(F)c(Br)c2)no1. The van der Waals surface area contributed by atoms with Crippen LogP contribution >= 0.6 is 15.9 Å². The molecule has 2 N–H and O–H groups in total. The highest BCUT2D eigenvalue weighted by molar-refractivity contribution is 9.10. The van der Waals surface area contributed by atoms with Gasteiger partial charge in [-0.2, -0.15) is 4.98 Å². The van der Waals surface area contributed by atoms with Crippen LogP contribution in [-0.4, -0.2) is 10.1 Å². The van der Waals surface area contributed by atoms with Crippen molar-refractivity contribution in [3.05, 3.63) is 64.2 Å². The molecule has 0 unspecified atom stereocenters. The summed E-state index contributed by atoms with van der Waals surface area (Å²) in [5.41, 5.74) is 8.17. The average molecular weight is 348 g/mol. The number of hydrogen-bond donors (Lipinski definition) is 1. The Balaban J connectivity index is 1.86. The molecule has 2 aromatic carbocycles. The van der Waals surface area contributed by atoms with Gasteiger partial charge in [-0.3, -0.25) is 0 Å². The number of hydrogen-bond acceptors (Lipinski definition) is 4. The molecular formula is C15H11BrFN3O. The fraction of sp³-hybridized carbons (Fsp3) is 0.0667. The number of aromatic nitrogens is 2. The van der Waals surface area contributed by atoms with Gasteiger partial charge in [0.15, 0.2) is 0 Å². The maximum atomic E-state index is 13.2. The minimum absolute atomic E-state index is 0.334. The molecule has 6 heteroatoms. The number of nitrogens with two attached hydrogens (primary N) is 1. The van der Waals surface area contributed by atoms with Gasteiger partial charge in [0.1, 0.15) is 5.82 Å². The Morgan fingerprint density at radius 3 is 2.76 bits per heavy atom. The van der Waals surface area contributed by atoms with E-state index in [0.29, 0.717) is 33.9 Å². The topological polar surface area (TPSA) is 64.9 Å². The van der Waals surface area contributed by atoms with Gasteiger partial charge >= 0.3 is 0 Å². The Morgan fingerprint density at radius 2 is 2.00 bits per heavy atom. The van der Waals surface area contributed by atoms with E-state index in [1.54, 1.807) is 12.1 Å². The summed E-state index contributed by atoms with van der Waals surface area (Å²) in [7, 11) is 0. The lowest BCUT2D eigenvalue weighted by Gasteiger charge is -2.00. The third-order valence-electron chi connectivity index (χ3n) is 3.04. The van der Waals surface area contributed by atoms with E-state index in [0.717, 1.165) is 5.56 Å². The minimum atomic E-state index is -0.334. The van der Waals surface area contributed by atoms with Crippen LogP contribution in [0.25, 0.3) is 11.4 Å². The second kappa shape index (κ2) is 5.65. The molecule has 0 atom stereocenters. The monoisotopic (exact) mass is 347 g/mol. The number of rotatable bonds is 3. The van der Waals surface area contributed by atoms with Crippen molar-refractivity contribution in [1.82, 2.24) is 10.1 Å². The van der Waals surface area contributed by atoms with Crippen LogP contribution in [0.15, 0.2) is 51.5 Å². The van der Waals surface area contributed by atoms with Crippen molar-refractivity contribution in [2.24, 2.45) is 0 Å². The molecule has 106 valence electrons. The van der Waals surface area contributed by atoms with Gasteiger partial charge in [0, 0.05) is 11.3 Å². The van der Waals surface area contributed by atoms with E-state index in [4.69, 9.17) is 10.3 Å². The zero-order valence-electron chi connectivity index (χ0n) is 10.9. The van der Waals surface area contributed by atoms with Gasteiger partial charge in [-0.15, -0.1) is 0 Å². The van der Waals surface area contributed by atoms with Crippen LogP contribution in [0.3, 0.4) is 0 Å². The summed E-state index contributed by atoms with van der Waals surface area (Å²) in [6.07, 6.45) is 0.460. The van der Waals surface area contributed by atoms with E-state index in [1.165, 1.54) is 6.07 Å². The summed E-state index contributed by atoms with van der Waals surface area (Å²) < 4.78 is 18.8. The summed E-state index contributed by atoms with van der Waals surface area (Å²) >= 11 is 3.14. The molecule has 0 bridgehead atoms. The first kappa shape index (κ1) is 13.8. The van der Waals surface area contributed by atoms with E-state index in [-0.39, 0.29) is 5.82 Å².